The number of para-hydroxylation sites is 1. The summed E-state index contributed by atoms with van der Waals surface area (Å²) in [6.45, 7) is 8.32. The van der Waals surface area contributed by atoms with Gasteiger partial charge < -0.3 is 4.90 Å². The minimum atomic E-state index is -0.730. The summed E-state index contributed by atoms with van der Waals surface area (Å²) >= 11 is 0. The highest BCUT2D eigenvalue weighted by Crippen LogP contribution is 2.38. The maximum Gasteiger partial charge on any atom is 0.335 e. The minimum absolute atomic E-state index is 0.0680. The molecule has 0 atom stereocenters. The summed E-state index contributed by atoms with van der Waals surface area (Å²) < 4.78 is 0. The van der Waals surface area contributed by atoms with Crippen LogP contribution in [-0.4, -0.2) is 30.4 Å². The first-order chi connectivity index (χ1) is 15.1. The van der Waals surface area contributed by atoms with Crippen LogP contribution in [0.2, 0.25) is 0 Å². The molecule has 32 heavy (non-hydrogen) atoms. The van der Waals surface area contributed by atoms with E-state index in [1.807, 2.05) is 44.3 Å². The van der Waals surface area contributed by atoms with Gasteiger partial charge in [0.05, 0.1) is 11.2 Å². The highest BCUT2D eigenvalue weighted by molar-refractivity contribution is 6.39. The predicted molar refractivity (Wildman–Crippen MR) is 127 cm³/mol. The van der Waals surface area contributed by atoms with Crippen LogP contribution in [0.25, 0.3) is 11.6 Å². The number of nitrogens with zero attached hydrogens (tertiary/aromatic N) is 2. The second-order valence-corrected chi connectivity index (χ2v) is 8.76. The molecule has 0 aliphatic carbocycles. The Bertz CT molecular complexity index is 1210. The number of imide groups is 2. The lowest BCUT2D eigenvalue weighted by Gasteiger charge is -2.40. The Balaban J connectivity index is 1.76. The Morgan fingerprint density at radius 1 is 1.03 bits per heavy atom. The molecule has 0 bridgehead atoms. The number of hydrogen-bond donors (Lipinski definition) is 1. The molecule has 2 aromatic rings. The molecule has 1 saturated heterocycles. The lowest BCUT2D eigenvalue weighted by atomic mass is 9.88. The van der Waals surface area contributed by atoms with Crippen molar-refractivity contribution in [1.82, 2.24) is 5.32 Å². The van der Waals surface area contributed by atoms with Crippen molar-refractivity contribution in [1.29, 1.82) is 0 Å². The number of barbiturate groups is 1. The monoisotopic (exact) mass is 429 g/mol. The second kappa shape index (κ2) is 7.79. The van der Waals surface area contributed by atoms with Crippen molar-refractivity contribution in [3.8, 4) is 0 Å². The molecule has 4 rings (SSSR count). The molecule has 1 N–H and O–H groups in total. The highest BCUT2D eigenvalue weighted by atomic mass is 16.2. The fourth-order valence-electron chi connectivity index (χ4n) is 4.34. The topological polar surface area (TPSA) is 69.7 Å². The third kappa shape index (κ3) is 3.51. The first-order valence-corrected chi connectivity index (χ1v) is 10.7. The molecule has 0 radical (unpaired) electrons. The molecule has 6 heteroatoms. The van der Waals surface area contributed by atoms with E-state index in [1.54, 1.807) is 18.2 Å². The summed E-state index contributed by atoms with van der Waals surface area (Å²) in [5.74, 6) is -1.31. The van der Waals surface area contributed by atoms with Crippen LogP contribution in [0.15, 0.2) is 54.1 Å². The maximum absolute atomic E-state index is 13.3. The van der Waals surface area contributed by atoms with E-state index in [-0.39, 0.29) is 11.1 Å². The first kappa shape index (κ1) is 21.6. The smallest absolute Gasteiger partial charge is 0.335 e. The van der Waals surface area contributed by atoms with Gasteiger partial charge in [0.25, 0.3) is 11.8 Å². The van der Waals surface area contributed by atoms with E-state index >= 15 is 0 Å². The zero-order valence-corrected chi connectivity index (χ0v) is 19.0. The predicted octanol–water partition coefficient (Wildman–Crippen LogP) is 4.55. The first-order valence-electron chi connectivity index (χ1n) is 10.7. The fraction of sp³-hybridized carbons (Fsp3) is 0.269. The zero-order valence-electron chi connectivity index (χ0n) is 19.0. The van der Waals surface area contributed by atoms with Gasteiger partial charge >= 0.3 is 6.03 Å². The van der Waals surface area contributed by atoms with Crippen molar-refractivity contribution < 1.29 is 14.4 Å². The number of fused-ring (bicyclic) bond motifs is 1. The van der Waals surface area contributed by atoms with Crippen LogP contribution < -0.4 is 15.1 Å². The standard InChI is InChI=1S/C26H27N3O3/c1-6-18-9-7-8-10-21(18)29-24(31)20(23(30)27-25(29)32)14-17-11-12-22-19(13-17)16(2)15-26(3,4)28(22)5/h7-15H,6H2,1-5H3,(H,27,30,32)/b20-14-. The van der Waals surface area contributed by atoms with Crippen molar-refractivity contribution >= 4 is 40.9 Å². The van der Waals surface area contributed by atoms with Crippen LogP contribution in [-0.2, 0) is 16.0 Å². The van der Waals surface area contributed by atoms with Crippen molar-refractivity contribution in [3.05, 3.63) is 70.8 Å². The molecular formula is C26H27N3O3. The molecule has 6 nitrogen and oxygen atoms in total. The molecule has 0 spiro atoms. The SMILES string of the molecule is CCc1ccccc1N1C(=O)NC(=O)/C(=C/c2ccc3c(c2)C(C)=CC(C)(C)N3C)C1=O. The molecule has 2 aromatic carbocycles. The number of allylic oxidation sites excluding steroid dienone is 1. The van der Waals surface area contributed by atoms with E-state index < -0.39 is 17.8 Å². The number of benzene rings is 2. The van der Waals surface area contributed by atoms with Crippen LogP contribution in [0.1, 0.15) is 44.4 Å². The quantitative estimate of drug-likeness (QED) is 0.574. The van der Waals surface area contributed by atoms with Crippen molar-refractivity contribution in [3.63, 3.8) is 0 Å². The van der Waals surface area contributed by atoms with Gasteiger partial charge in [0.1, 0.15) is 5.57 Å². The molecule has 2 heterocycles. The Morgan fingerprint density at radius 3 is 2.47 bits per heavy atom. The summed E-state index contributed by atoms with van der Waals surface area (Å²) in [5, 5.41) is 2.31. The molecule has 2 aliphatic heterocycles. The Hall–Kier alpha value is -3.67. The third-order valence-electron chi connectivity index (χ3n) is 6.27. The van der Waals surface area contributed by atoms with Crippen LogP contribution in [0.3, 0.4) is 0 Å². The van der Waals surface area contributed by atoms with Crippen molar-refractivity contribution in [2.24, 2.45) is 0 Å². The molecule has 0 aromatic heterocycles. The van der Waals surface area contributed by atoms with Gasteiger partial charge in [-0.15, -0.1) is 0 Å². The summed E-state index contributed by atoms with van der Waals surface area (Å²) in [5.41, 5.74) is 5.16. The second-order valence-electron chi connectivity index (χ2n) is 8.76. The maximum atomic E-state index is 13.3. The molecule has 0 saturated carbocycles. The summed E-state index contributed by atoms with van der Waals surface area (Å²) in [6.07, 6.45) is 4.41. The largest absolute Gasteiger partial charge is 0.366 e. The van der Waals surface area contributed by atoms with Crippen LogP contribution in [0, 0.1) is 0 Å². The van der Waals surface area contributed by atoms with Gasteiger partial charge in [-0.05, 0) is 68.2 Å². The number of anilines is 2. The van der Waals surface area contributed by atoms with E-state index in [9.17, 15) is 14.4 Å². The number of amides is 4. The molecule has 0 unspecified atom stereocenters. The van der Waals surface area contributed by atoms with Gasteiger partial charge in [-0.2, -0.15) is 0 Å². The fourth-order valence-corrected chi connectivity index (χ4v) is 4.34. The number of carbonyl (C=O) groups is 3. The average molecular weight is 430 g/mol. The normalized spacial score (nSPS) is 19.1. The van der Waals surface area contributed by atoms with Gasteiger partial charge in [-0.25, -0.2) is 9.69 Å². The summed E-state index contributed by atoms with van der Waals surface area (Å²) in [6, 6.07) is 12.3. The average Bonchev–Trinajstić information content (AvgIpc) is 2.75. The highest BCUT2D eigenvalue weighted by Gasteiger charge is 2.37. The molecule has 4 amide bonds. The van der Waals surface area contributed by atoms with Gasteiger partial charge in [-0.1, -0.05) is 37.3 Å². The Morgan fingerprint density at radius 2 is 1.75 bits per heavy atom. The molecule has 164 valence electrons. The van der Waals surface area contributed by atoms with Gasteiger partial charge in [-0.3, -0.25) is 14.9 Å². The van der Waals surface area contributed by atoms with Gasteiger partial charge in [0.2, 0.25) is 0 Å². The zero-order chi connectivity index (χ0) is 23.2. The van der Waals surface area contributed by atoms with E-state index in [4.69, 9.17) is 0 Å². The number of likely N-dealkylation sites (N-methyl/N-ethyl adjacent to an activating group) is 1. The number of aryl methyl sites for hydroxylation is 1. The number of nitrogens with one attached hydrogen (secondary N) is 1. The van der Waals surface area contributed by atoms with Gasteiger partial charge in [0.15, 0.2) is 0 Å². The summed E-state index contributed by atoms with van der Waals surface area (Å²) in [4.78, 5) is 41.6. The molecule has 2 aliphatic rings. The number of hydrogen-bond acceptors (Lipinski definition) is 4. The minimum Gasteiger partial charge on any atom is -0.366 e. The Kier molecular flexibility index (Phi) is 5.25. The van der Waals surface area contributed by atoms with E-state index in [1.165, 1.54) is 0 Å². The van der Waals surface area contributed by atoms with Crippen molar-refractivity contribution in [2.75, 3.05) is 16.8 Å². The van der Waals surface area contributed by atoms with E-state index in [0.717, 1.165) is 32.9 Å². The third-order valence-corrected chi connectivity index (χ3v) is 6.27. The number of urea groups is 1. The van der Waals surface area contributed by atoms with E-state index in [0.29, 0.717) is 12.1 Å². The Labute approximate surface area is 188 Å². The molecular weight excluding hydrogens is 402 g/mol. The number of rotatable bonds is 3. The lowest BCUT2D eigenvalue weighted by Crippen LogP contribution is -2.54. The lowest BCUT2D eigenvalue weighted by molar-refractivity contribution is -0.122. The van der Waals surface area contributed by atoms with Crippen LogP contribution in [0.5, 0.6) is 0 Å². The van der Waals surface area contributed by atoms with Crippen molar-refractivity contribution in [2.45, 2.75) is 39.7 Å². The summed E-state index contributed by atoms with van der Waals surface area (Å²) in [7, 11) is 2.05. The van der Waals surface area contributed by atoms with Crippen LogP contribution >= 0.6 is 0 Å². The van der Waals surface area contributed by atoms with Crippen LogP contribution in [0.4, 0.5) is 16.2 Å². The molecule has 1 fully saturated rings. The number of carbonyl (C=O) groups excluding carboxylic acids is 3. The van der Waals surface area contributed by atoms with E-state index in [2.05, 4.69) is 37.1 Å². The van der Waals surface area contributed by atoms with Gasteiger partial charge in [0, 0.05) is 18.3 Å².